The molecule has 0 spiro atoms. The molecule has 0 amide bonds. The molecule has 100 valence electrons. The second-order valence-electron chi connectivity index (χ2n) is 5.19. The molecule has 1 aromatic heterocycles. The molecule has 1 aliphatic heterocycles. The fraction of sp³-hybridized carbons (Fsp3) is 0.400. The first-order valence-electron chi connectivity index (χ1n) is 6.80. The Morgan fingerprint density at radius 2 is 2.16 bits per heavy atom. The van der Waals surface area contributed by atoms with Crippen molar-refractivity contribution >= 4 is 5.69 Å². The first kappa shape index (κ1) is 12.2. The molecule has 1 unspecified atom stereocenters. The largest absolute Gasteiger partial charge is 0.365 e. The highest BCUT2D eigenvalue weighted by Gasteiger charge is 2.27. The molecule has 19 heavy (non-hydrogen) atoms. The summed E-state index contributed by atoms with van der Waals surface area (Å²) in [5.41, 5.74) is 9.62. The standard InChI is InChI=1S/C15H20N4/c1-18-9-7-13(17-18)11-19-10-12(6-8-16)14-4-2-3-5-15(14)19/h2-5,7,9,12H,6,8,10-11,16H2,1H3. The number of nitrogens with zero attached hydrogens (tertiary/aromatic N) is 3. The molecular weight excluding hydrogens is 236 g/mol. The lowest BCUT2D eigenvalue weighted by molar-refractivity contribution is 0.637. The average Bonchev–Trinajstić information content (AvgIpc) is 2.97. The molecule has 1 aromatic carbocycles. The van der Waals surface area contributed by atoms with Crippen LogP contribution in [0.3, 0.4) is 0 Å². The fourth-order valence-electron chi connectivity index (χ4n) is 2.92. The molecule has 2 N–H and O–H groups in total. The van der Waals surface area contributed by atoms with Crippen molar-refractivity contribution in [2.75, 3.05) is 18.0 Å². The van der Waals surface area contributed by atoms with E-state index in [0.717, 1.165) is 31.7 Å². The van der Waals surface area contributed by atoms with Crippen LogP contribution in [0.2, 0.25) is 0 Å². The molecule has 1 aliphatic rings. The van der Waals surface area contributed by atoms with Crippen molar-refractivity contribution in [3.63, 3.8) is 0 Å². The molecule has 0 bridgehead atoms. The molecule has 3 rings (SSSR count). The number of aryl methyl sites for hydroxylation is 1. The van der Waals surface area contributed by atoms with Gasteiger partial charge in [-0.25, -0.2) is 0 Å². The number of aromatic nitrogens is 2. The minimum absolute atomic E-state index is 0.560. The van der Waals surface area contributed by atoms with Crippen LogP contribution < -0.4 is 10.6 Å². The number of benzene rings is 1. The quantitative estimate of drug-likeness (QED) is 0.908. The Morgan fingerprint density at radius 1 is 1.32 bits per heavy atom. The van der Waals surface area contributed by atoms with Crippen molar-refractivity contribution < 1.29 is 0 Å². The summed E-state index contributed by atoms with van der Waals surface area (Å²) in [7, 11) is 1.96. The van der Waals surface area contributed by atoms with E-state index < -0.39 is 0 Å². The van der Waals surface area contributed by atoms with Crippen LogP contribution in [-0.2, 0) is 13.6 Å². The third-order valence-corrected chi connectivity index (χ3v) is 3.79. The molecule has 0 saturated carbocycles. The predicted octanol–water partition coefficient (Wildman–Crippen LogP) is 1.87. The Bertz CT molecular complexity index is 561. The zero-order chi connectivity index (χ0) is 13.2. The molecule has 1 atom stereocenters. The second kappa shape index (κ2) is 5.05. The topological polar surface area (TPSA) is 47.1 Å². The van der Waals surface area contributed by atoms with Gasteiger partial charge in [-0.15, -0.1) is 0 Å². The number of hydrogen-bond acceptors (Lipinski definition) is 3. The fourth-order valence-corrected chi connectivity index (χ4v) is 2.92. The Morgan fingerprint density at radius 3 is 2.89 bits per heavy atom. The zero-order valence-electron chi connectivity index (χ0n) is 11.3. The van der Waals surface area contributed by atoms with E-state index in [9.17, 15) is 0 Å². The van der Waals surface area contributed by atoms with Gasteiger partial charge in [-0.2, -0.15) is 5.10 Å². The van der Waals surface area contributed by atoms with Crippen molar-refractivity contribution in [1.82, 2.24) is 9.78 Å². The van der Waals surface area contributed by atoms with Crippen LogP contribution in [0.5, 0.6) is 0 Å². The minimum Gasteiger partial charge on any atom is -0.365 e. The smallest absolute Gasteiger partial charge is 0.0817 e. The average molecular weight is 256 g/mol. The molecule has 0 fully saturated rings. The summed E-state index contributed by atoms with van der Waals surface area (Å²) in [4.78, 5) is 2.41. The van der Waals surface area contributed by atoms with Gasteiger partial charge in [0.15, 0.2) is 0 Å². The van der Waals surface area contributed by atoms with E-state index in [1.165, 1.54) is 11.3 Å². The highest BCUT2D eigenvalue weighted by molar-refractivity contribution is 5.60. The summed E-state index contributed by atoms with van der Waals surface area (Å²) in [5, 5.41) is 4.47. The summed E-state index contributed by atoms with van der Waals surface area (Å²) < 4.78 is 1.86. The summed E-state index contributed by atoms with van der Waals surface area (Å²) in [5.74, 6) is 0.560. The predicted molar refractivity (Wildman–Crippen MR) is 77.1 cm³/mol. The second-order valence-corrected chi connectivity index (χ2v) is 5.19. The van der Waals surface area contributed by atoms with E-state index in [4.69, 9.17) is 5.73 Å². The number of para-hydroxylation sites is 1. The lowest BCUT2D eigenvalue weighted by Gasteiger charge is -2.18. The van der Waals surface area contributed by atoms with E-state index >= 15 is 0 Å². The normalized spacial score (nSPS) is 17.8. The van der Waals surface area contributed by atoms with Gasteiger partial charge in [0.1, 0.15) is 0 Å². The van der Waals surface area contributed by atoms with Gasteiger partial charge < -0.3 is 10.6 Å². The zero-order valence-corrected chi connectivity index (χ0v) is 11.3. The Kier molecular flexibility index (Phi) is 3.25. The van der Waals surface area contributed by atoms with Crippen molar-refractivity contribution in [3.8, 4) is 0 Å². The van der Waals surface area contributed by atoms with Crippen LogP contribution >= 0.6 is 0 Å². The maximum absolute atomic E-state index is 5.73. The van der Waals surface area contributed by atoms with E-state index in [2.05, 4.69) is 40.3 Å². The molecule has 4 nitrogen and oxygen atoms in total. The number of fused-ring (bicyclic) bond motifs is 1. The van der Waals surface area contributed by atoms with Gasteiger partial charge in [0.25, 0.3) is 0 Å². The lowest BCUT2D eigenvalue weighted by Crippen LogP contribution is -2.22. The van der Waals surface area contributed by atoms with E-state index in [0.29, 0.717) is 5.92 Å². The van der Waals surface area contributed by atoms with Gasteiger partial charge in [-0.1, -0.05) is 18.2 Å². The van der Waals surface area contributed by atoms with Gasteiger partial charge >= 0.3 is 0 Å². The highest BCUT2D eigenvalue weighted by atomic mass is 15.3. The maximum Gasteiger partial charge on any atom is 0.0817 e. The van der Waals surface area contributed by atoms with Crippen LogP contribution in [-0.4, -0.2) is 22.9 Å². The molecule has 2 aromatic rings. The third kappa shape index (κ3) is 2.36. The summed E-state index contributed by atoms with van der Waals surface area (Å²) in [6.45, 7) is 2.67. The SMILES string of the molecule is Cn1ccc(CN2CC(CCN)c3ccccc32)n1. The van der Waals surface area contributed by atoms with Crippen LogP contribution in [0.25, 0.3) is 0 Å². The van der Waals surface area contributed by atoms with Crippen molar-refractivity contribution in [2.24, 2.45) is 12.8 Å². The number of nitrogens with two attached hydrogens (primary N) is 1. The molecule has 0 saturated heterocycles. The lowest BCUT2D eigenvalue weighted by atomic mass is 9.98. The maximum atomic E-state index is 5.73. The van der Waals surface area contributed by atoms with Crippen LogP contribution in [0.15, 0.2) is 36.5 Å². The Labute approximate surface area is 113 Å². The number of anilines is 1. The third-order valence-electron chi connectivity index (χ3n) is 3.79. The van der Waals surface area contributed by atoms with Crippen LogP contribution in [0.4, 0.5) is 5.69 Å². The highest BCUT2D eigenvalue weighted by Crippen LogP contribution is 2.38. The summed E-state index contributed by atoms with van der Waals surface area (Å²) >= 11 is 0. The Balaban J connectivity index is 1.84. The van der Waals surface area contributed by atoms with Crippen LogP contribution in [0.1, 0.15) is 23.6 Å². The minimum atomic E-state index is 0.560. The molecule has 0 aliphatic carbocycles. The number of rotatable bonds is 4. The van der Waals surface area contributed by atoms with Crippen molar-refractivity contribution in [2.45, 2.75) is 18.9 Å². The van der Waals surface area contributed by atoms with Gasteiger partial charge in [0, 0.05) is 31.4 Å². The summed E-state index contributed by atoms with van der Waals surface area (Å²) in [6.07, 6.45) is 3.05. The molecule has 4 heteroatoms. The van der Waals surface area contributed by atoms with E-state index in [-0.39, 0.29) is 0 Å². The monoisotopic (exact) mass is 256 g/mol. The van der Waals surface area contributed by atoms with Crippen molar-refractivity contribution in [1.29, 1.82) is 0 Å². The number of hydrogen-bond donors (Lipinski definition) is 1. The molecule has 2 heterocycles. The first-order valence-corrected chi connectivity index (χ1v) is 6.80. The first-order chi connectivity index (χ1) is 9.28. The van der Waals surface area contributed by atoms with Crippen LogP contribution in [0, 0.1) is 0 Å². The van der Waals surface area contributed by atoms with Gasteiger partial charge in [-0.05, 0) is 30.7 Å². The van der Waals surface area contributed by atoms with E-state index in [1.54, 1.807) is 0 Å². The van der Waals surface area contributed by atoms with Gasteiger partial charge in [-0.3, -0.25) is 4.68 Å². The van der Waals surface area contributed by atoms with Crippen molar-refractivity contribution in [3.05, 3.63) is 47.8 Å². The Hall–Kier alpha value is -1.81. The summed E-state index contributed by atoms with van der Waals surface area (Å²) in [6, 6.07) is 10.7. The molecular formula is C15H20N4. The molecule has 0 radical (unpaired) electrons. The van der Waals surface area contributed by atoms with Gasteiger partial charge in [0.2, 0.25) is 0 Å². The van der Waals surface area contributed by atoms with E-state index in [1.807, 2.05) is 17.9 Å². The van der Waals surface area contributed by atoms with Gasteiger partial charge in [0.05, 0.1) is 12.2 Å².